The fourth-order valence-electron chi connectivity index (χ4n) is 2.53. The minimum atomic E-state index is -0.0351. The van der Waals surface area contributed by atoms with E-state index in [1.54, 1.807) is 24.1 Å². The average molecular weight is 527 g/mol. The van der Waals surface area contributed by atoms with Crippen LogP contribution in [-0.4, -0.2) is 40.4 Å². The van der Waals surface area contributed by atoms with Gasteiger partial charge in [-0.3, -0.25) is 4.99 Å². The zero-order valence-electron chi connectivity index (χ0n) is 16.2. The molecule has 2 aromatic heterocycles. The van der Waals surface area contributed by atoms with Crippen molar-refractivity contribution in [2.75, 3.05) is 13.6 Å². The minimum Gasteiger partial charge on any atom is -0.489 e. The highest BCUT2D eigenvalue weighted by atomic mass is 127. The van der Waals surface area contributed by atoms with Gasteiger partial charge in [0.1, 0.15) is 11.9 Å². The van der Waals surface area contributed by atoms with Crippen molar-refractivity contribution < 1.29 is 4.74 Å². The van der Waals surface area contributed by atoms with Crippen LogP contribution in [0.15, 0.2) is 66.0 Å². The van der Waals surface area contributed by atoms with Gasteiger partial charge < -0.3 is 15.4 Å². The fourth-order valence-corrected chi connectivity index (χ4v) is 2.66. The third kappa shape index (κ3) is 7.21. The second kappa shape index (κ2) is 11.6. The van der Waals surface area contributed by atoms with E-state index in [0.717, 1.165) is 17.1 Å². The Hall–Kier alpha value is -2.33. The van der Waals surface area contributed by atoms with Crippen molar-refractivity contribution in [2.45, 2.75) is 19.6 Å². The van der Waals surface area contributed by atoms with Gasteiger partial charge >= 0.3 is 0 Å². The third-order valence-electron chi connectivity index (χ3n) is 3.94. The van der Waals surface area contributed by atoms with Crippen LogP contribution in [0.5, 0.6) is 5.75 Å². The third-order valence-corrected chi connectivity index (χ3v) is 4.19. The second-order valence-electron chi connectivity index (χ2n) is 6.16. The van der Waals surface area contributed by atoms with Crippen molar-refractivity contribution in [1.82, 2.24) is 25.4 Å². The number of aliphatic imine (C=N–C) groups is 1. The molecule has 0 spiro atoms. The number of pyridine rings is 1. The van der Waals surface area contributed by atoms with E-state index in [1.807, 2.05) is 55.6 Å². The standard InChI is InChI=1S/C20H23ClN6O.HI/c1-15(28-18-6-4-17(21)5-7-18)13-24-20(22-2)25-14-16-8-10-23-19(12-16)27-11-3-9-26-27;/h3-12,15H,13-14H2,1-2H3,(H2,22,24,25);1H. The number of nitrogens with zero attached hydrogens (tertiary/aromatic N) is 4. The van der Waals surface area contributed by atoms with Crippen molar-refractivity contribution in [1.29, 1.82) is 0 Å². The number of halogens is 2. The van der Waals surface area contributed by atoms with Crippen LogP contribution in [0.25, 0.3) is 5.82 Å². The molecule has 1 atom stereocenters. The van der Waals surface area contributed by atoms with Crippen molar-refractivity contribution >= 4 is 41.5 Å². The number of guanidine groups is 1. The maximum Gasteiger partial charge on any atom is 0.191 e. The summed E-state index contributed by atoms with van der Waals surface area (Å²) in [6, 6.07) is 13.1. The lowest BCUT2D eigenvalue weighted by atomic mass is 10.2. The SMILES string of the molecule is CN=C(NCc1ccnc(-n2cccn2)c1)NCC(C)Oc1ccc(Cl)cc1.I. The molecule has 0 fully saturated rings. The summed E-state index contributed by atoms with van der Waals surface area (Å²) in [6.45, 7) is 3.22. The first-order valence-electron chi connectivity index (χ1n) is 8.96. The van der Waals surface area contributed by atoms with Crippen molar-refractivity contribution in [3.8, 4) is 11.6 Å². The molecule has 0 saturated carbocycles. The predicted molar refractivity (Wildman–Crippen MR) is 127 cm³/mol. The van der Waals surface area contributed by atoms with Gasteiger partial charge in [0, 0.05) is 37.2 Å². The molecule has 2 heterocycles. The van der Waals surface area contributed by atoms with E-state index in [-0.39, 0.29) is 30.1 Å². The van der Waals surface area contributed by atoms with Crippen LogP contribution in [0.4, 0.5) is 0 Å². The Bertz CT molecular complexity index is 902. The summed E-state index contributed by atoms with van der Waals surface area (Å²) >= 11 is 5.89. The number of ether oxygens (including phenoxy) is 1. The first-order valence-corrected chi connectivity index (χ1v) is 9.33. The van der Waals surface area contributed by atoms with Gasteiger partial charge in [-0.2, -0.15) is 5.10 Å². The summed E-state index contributed by atoms with van der Waals surface area (Å²) in [5, 5.41) is 11.5. The molecule has 3 rings (SSSR count). The molecular weight excluding hydrogens is 503 g/mol. The summed E-state index contributed by atoms with van der Waals surface area (Å²) in [7, 11) is 1.74. The molecule has 1 unspecified atom stereocenters. The molecule has 0 aliphatic heterocycles. The van der Waals surface area contributed by atoms with Crippen LogP contribution in [0.2, 0.25) is 5.02 Å². The van der Waals surface area contributed by atoms with Crippen LogP contribution in [0.3, 0.4) is 0 Å². The summed E-state index contributed by atoms with van der Waals surface area (Å²) in [5.74, 6) is 2.26. The summed E-state index contributed by atoms with van der Waals surface area (Å²) < 4.78 is 7.59. The minimum absolute atomic E-state index is 0. The number of hydrogen-bond donors (Lipinski definition) is 2. The Morgan fingerprint density at radius 1 is 1.21 bits per heavy atom. The van der Waals surface area contributed by atoms with Crippen LogP contribution < -0.4 is 15.4 Å². The quantitative estimate of drug-likeness (QED) is 0.279. The Kier molecular flexibility index (Phi) is 9.20. The van der Waals surface area contributed by atoms with Gasteiger partial charge in [0.05, 0.1) is 6.54 Å². The summed E-state index contributed by atoms with van der Waals surface area (Å²) in [5.41, 5.74) is 1.08. The lowest BCUT2D eigenvalue weighted by Gasteiger charge is -2.18. The van der Waals surface area contributed by atoms with Crippen LogP contribution in [0, 0.1) is 0 Å². The van der Waals surface area contributed by atoms with E-state index < -0.39 is 0 Å². The summed E-state index contributed by atoms with van der Waals surface area (Å²) in [6.07, 6.45) is 5.33. The lowest BCUT2D eigenvalue weighted by Crippen LogP contribution is -2.41. The van der Waals surface area contributed by atoms with E-state index >= 15 is 0 Å². The predicted octanol–water partition coefficient (Wildman–Crippen LogP) is 3.67. The van der Waals surface area contributed by atoms with Crippen LogP contribution in [-0.2, 0) is 6.54 Å². The first-order chi connectivity index (χ1) is 13.6. The lowest BCUT2D eigenvalue weighted by molar-refractivity contribution is 0.224. The number of nitrogens with one attached hydrogen (secondary N) is 2. The topological polar surface area (TPSA) is 76.4 Å². The smallest absolute Gasteiger partial charge is 0.191 e. The monoisotopic (exact) mass is 526 g/mol. The molecule has 7 nitrogen and oxygen atoms in total. The average Bonchev–Trinajstić information content (AvgIpc) is 3.25. The number of rotatable bonds is 7. The molecule has 0 amide bonds. The maximum atomic E-state index is 5.89. The van der Waals surface area contributed by atoms with Crippen molar-refractivity contribution in [3.63, 3.8) is 0 Å². The molecule has 0 aliphatic rings. The van der Waals surface area contributed by atoms with Crippen LogP contribution in [0.1, 0.15) is 12.5 Å². The van der Waals surface area contributed by atoms with E-state index in [2.05, 4.69) is 25.7 Å². The van der Waals surface area contributed by atoms with Gasteiger partial charge in [-0.25, -0.2) is 9.67 Å². The zero-order valence-corrected chi connectivity index (χ0v) is 19.3. The first kappa shape index (κ1) is 23.0. The molecule has 29 heavy (non-hydrogen) atoms. The van der Waals surface area contributed by atoms with Gasteiger partial charge in [0.25, 0.3) is 0 Å². The van der Waals surface area contributed by atoms with Gasteiger partial charge in [0.2, 0.25) is 0 Å². The molecule has 9 heteroatoms. The molecule has 0 radical (unpaired) electrons. The number of hydrogen-bond acceptors (Lipinski definition) is 4. The van der Waals surface area contributed by atoms with Gasteiger partial charge in [-0.15, -0.1) is 24.0 Å². The molecule has 0 saturated heterocycles. The maximum absolute atomic E-state index is 5.89. The van der Waals surface area contributed by atoms with Crippen LogP contribution >= 0.6 is 35.6 Å². The van der Waals surface area contributed by atoms with Crippen molar-refractivity contribution in [3.05, 3.63) is 71.6 Å². The van der Waals surface area contributed by atoms with Crippen molar-refractivity contribution in [2.24, 2.45) is 4.99 Å². The van der Waals surface area contributed by atoms with E-state index in [4.69, 9.17) is 16.3 Å². The van der Waals surface area contributed by atoms with Gasteiger partial charge in [-0.1, -0.05) is 11.6 Å². The molecule has 2 N–H and O–H groups in total. The Balaban J connectivity index is 0.00000300. The van der Waals surface area contributed by atoms with E-state index in [9.17, 15) is 0 Å². The Morgan fingerprint density at radius 3 is 2.69 bits per heavy atom. The normalized spacial score (nSPS) is 12.0. The van der Waals surface area contributed by atoms with Gasteiger partial charge in [-0.05, 0) is 55.0 Å². The highest BCUT2D eigenvalue weighted by Gasteiger charge is 2.07. The fraction of sp³-hybridized carbons (Fsp3) is 0.250. The molecule has 1 aromatic carbocycles. The van der Waals surface area contributed by atoms with Gasteiger partial charge in [0.15, 0.2) is 11.8 Å². The molecular formula is C20H24ClIN6O. The number of aromatic nitrogens is 3. The highest BCUT2D eigenvalue weighted by molar-refractivity contribution is 14.0. The molecule has 3 aromatic rings. The molecule has 0 aliphatic carbocycles. The largest absolute Gasteiger partial charge is 0.489 e. The van der Waals surface area contributed by atoms with E-state index in [0.29, 0.717) is 24.1 Å². The Morgan fingerprint density at radius 2 is 2.00 bits per heavy atom. The van der Waals surface area contributed by atoms with E-state index in [1.165, 1.54) is 0 Å². The second-order valence-corrected chi connectivity index (χ2v) is 6.60. The molecule has 0 bridgehead atoms. The zero-order chi connectivity index (χ0) is 19.8. The molecule has 154 valence electrons. The highest BCUT2D eigenvalue weighted by Crippen LogP contribution is 2.16. The summed E-state index contributed by atoms with van der Waals surface area (Å²) in [4.78, 5) is 8.59. The Labute approximate surface area is 192 Å². The number of benzene rings is 1.